The third-order valence-electron chi connectivity index (χ3n) is 13.2. The molecule has 1 aliphatic carbocycles. The highest BCUT2D eigenvalue weighted by Crippen LogP contribution is 2.57. The fourth-order valence-corrected chi connectivity index (χ4v) is 10.1. The highest BCUT2D eigenvalue weighted by Gasteiger charge is 2.40. The second-order valence-electron chi connectivity index (χ2n) is 17.2. The van der Waals surface area contributed by atoms with Gasteiger partial charge in [0.15, 0.2) is 0 Å². The minimum atomic E-state index is -0.349. The van der Waals surface area contributed by atoms with Crippen molar-refractivity contribution in [3.05, 3.63) is 242 Å². The van der Waals surface area contributed by atoms with Crippen molar-refractivity contribution < 1.29 is 4.74 Å². The van der Waals surface area contributed by atoms with Gasteiger partial charge in [0, 0.05) is 27.9 Å². The maximum atomic E-state index is 6.19. The summed E-state index contributed by atoms with van der Waals surface area (Å²) in [6.45, 7) is 4.69. The molecular formula is C62H47NO. The molecule has 2 nitrogen and oxygen atoms in total. The molecule has 0 aromatic heterocycles. The lowest BCUT2D eigenvalue weighted by Gasteiger charge is -2.30. The van der Waals surface area contributed by atoms with Crippen molar-refractivity contribution in [1.29, 1.82) is 0 Å². The fourth-order valence-electron chi connectivity index (χ4n) is 10.1. The van der Waals surface area contributed by atoms with Crippen molar-refractivity contribution >= 4 is 27.8 Å². The third-order valence-corrected chi connectivity index (χ3v) is 13.2. The molecule has 0 heterocycles. The van der Waals surface area contributed by atoms with Gasteiger partial charge < -0.3 is 9.64 Å². The largest absolute Gasteiger partial charge is 0.496 e. The molecule has 0 unspecified atom stereocenters. The Morgan fingerprint density at radius 2 is 0.891 bits per heavy atom. The van der Waals surface area contributed by atoms with Gasteiger partial charge in [-0.1, -0.05) is 202 Å². The SMILES string of the molecule is COc1ccc(-c2cccc(-c3ccccc3)c2)c2c1C(C)(C)c1cc(N(c3ccc(-c4cccc5cccc(-c6ccccc6)c45)cc3)c3ccccc3-c3ccccc3)ccc1-2. The van der Waals surface area contributed by atoms with Gasteiger partial charge in [0.25, 0.3) is 0 Å². The van der Waals surface area contributed by atoms with Crippen LogP contribution < -0.4 is 9.64 Å². The van der Waals surface area contributed by atoms with Crippen LogP contribution in [0.2, 0.25) is 0 Å². The van der Waals surface area contributed by atoms with Crippen molar-refractivity contribution in [2.75, 3.05) is 12.0 Å². The third kappa shape index (κ3) is 6.67. The number of anilines is 3. The Morgan fingerprint density at radius 1 is 0.375 bits per heavy atom. The van der Waals surface area contributed by atoms with E-state index in [1.54, 1.807) is 7.11 Å². The predicted molar refractivity (Wildman–Crippen MR) is 270 cm³/mol. The van der Waals surface area contributed by atoms with Crippen LogP contribution >= 0.6 is 0 Å². The molecule has 2 heteroatoms. The molecule has 0 bridgehead atoms. The highest BCUT2D eigenvalue weighted by atomic mass is 16.5. The maximum Gasteiger partial charge on any atom is 0.123 e. The molecule has 0 saturated heterocycles. The first-order chi connectivity index (χ1) is 31.5. The van der Waals surface area contributed by atoms with E-state index in [0.29, 0.717) is 0 Å². The van der Waals surface area contributed by atoms with E-state index in [2.05, 4.69) is 249 Å². The summed E-state index contributed by atoms with van der Waals surface area (Å²) in [6.07, 6.45) is 0. The molecule has 0 atom stereocenters. The summed E-state index contributed by atoms with van der Waals surface area (Å²) in [7, 11) is 1.79. The molecule has 64 heavy (non-hydrogen) atoms. The average Bonchev–Trinajstić information content (AvgIpc) is 3.60. The topological polar surface area (TPSA) is 12.5 Å². The minimum absolute atomic E-state index is 0.349. The van der Waals surface area contributed by atoms with Crippen LogP contribution in [0.3, 0.4) is 0 Å². The molecule has 10 aromatic carbocycles. The van der Waals surface area contributed by atoms with Gasteiger partial charge in [0.2, 0.25) is 0 Å². The molecular weight excluding hydrogens is 775 g/mol. The van der Waals surface area contributed by atoms with Crippen LogP contribution in [0.25, 0.3) is 77.5 Å². The smallest absolute Gasteiger partial charge is 0.123 e. The van der Waals surface area contributed by atoms with Gasteiger partial charge in [-0.2, -0.15) is 0 Å². The first-order valence-electron chi connectivity index (χ1n) is 22.1. The van der Waals surface area contributed by atoms with Crippen LogP contribution in [0.1, 0.15) is 25.0 Å². The molecule has 0 spiro atoms. The minimum Gasteiger partial charge on any atom is -0.496 e. The van der Waals surface area contributed by atoms with E-state index in [0.717, 1.165) is 22.8 Å². The number of hydrogen-bond acceptors (Lipinski definition) is 2. The monoisotopic (exact) mass is 821 g/mol. The summed E-state index contributed by atoms with van der Waals surface area (Å²) >= 11 is 0. The molecule has 0 N–H and O–H groups in total. The Balaban J connectivity index is 1.07. The number of methoxy groups -OCH3 is 1. The Kier molecular flexibility index (Phi) is 9.78. The molecule has 0 radical (unpaired) electrons. The summed E-state index contributed by atoms with van der Waals surface area (Å²) in [5.74, 6) is 0.909. The normalized spacial score (nSPS) is 12.4. The van der Waals surface area contributed by atoms with Gasteiger partial charge in [0.05, 0.1) is 12.8 Å². The first-order valence-corrected chi connectivity index (χ1v) is 22.1. The number of hydrogen-bond donors (Lipinski definition) is 0. The average molecular weight is 822 g/mol. The van der Waals surface area contributed by atoms with Crippen LogP contribution in [0.15, 0.2) is 231 Å². The molecule has 0 fully saturated rings. The summed E-state index contributed by atoms with van der Waals surface area (Å²) < 4.78 is 6.19. The van der Waals surface area contributed by atoms with Crippen LogP contribution in [-0.4, -0.2) is 7.11 Å². The van der Waals surface area contributed by atoms with Gasteiger partial charge in [-0.3, -0.25) is 0 Å². The number of rotatable bonds is 9. The predicted octanol–water partition coefficient (Wildman–Crippen LogP) is 17.0. The Bertz CT molecular complexity index is 3310. The summed E-state index contributed by atoms with van der Waals surface area (Å²) in [5.41, 5.74) is 19.9. The molecule has 306 valence electrons. The van der Waals surface area contributed by atoms with E-state index in [9.17, 15) is 0 Å². The van der Waals surface area contributed by atoms with Gasteiger partial charge in [-0.15, -0.1) is 0 Å². The van der Waals surface area contributed by atoms with E-state index < -0.39 is 0 Å². The number of nitrogens with zero attached hydrogens (tertiary/aromatic N) is 1. The zero-order chi connectivity index (χ0) is 43.2. The number of ether oxygens (including phenoxy) is 1. The van der Waals surface area contributed by atoms with E-state index in [4.69, 9.17) is 4.74 Å². The quantitative estimate of drug-likeness (QED) is 0.144. The Morgan fingerprint density at radius 3 is 1.56 bits per heavy atom. The molecule has 10 aromatic rings. The molecule has 0 aliphatic heterocycles. The Labute approximate surface area is 376 Å². The maximum absolute atomic E-state index is 6.19. The lowest BCUT2D eigenvalue weighted by atomic mass is 9.81. The van der Waals surface area contributed by atoms with Gasteiger partial charge >= 0.3 is 0 Å². The van der Waals surface area contributed by atoms with Gasteiger partial charge in [0.1, 0.15) is 5.75 Å². The van der Waals surface area contributed by atoms with Crippen LogP contribution in [-0.2, 0) is 5.41 Å². The summed E-state index contributed by atoms with van der Waals surface area (Å²) in [4.78, 5) is 2.44. The zero-order valence-electron chi connectivity index (χ0n) is 36.3. The number of para-hydroxylation sites is 1. The second-order valence-corrected chi connectivity index (χ2v) is 17.2. The van der Waals surface area contributed by atoms with Crippen LogP contribution in [0.4, 0.5) is 17.1 Å². The van der Waals surface area contributed by atoms with Crippen molar-refractivity contribution in [2.45, 2.75) is 19.3 Å². The highest BCUT2D eigenvalue weighted by molar-refractivity contribution is 6.06. The lowest BCUT2D eigenvalue weighted by Crippen LogP contribution is -2.17. The van der Waals surface area contributed by atoms with E-state index in [-0.39, 0.29) is 5.41 Å². The van der Waals surface area contributed by atoms with Crippen LogP contribution in [0, 0.1) is 0 Å². The summed E-state index contributed by atoms with van der Waals surface area (Å²) in [6, 6.07) is 83.7. The lowest BCUT2D eigenvalue weighted by molar-refractivity contribution is 0.403. The standard InChI is InChI=1S/C62H47NO/c1-62(2)56-41-50(36-37-55(56)60-54(38-39-58(64-3)61(60)62)48-27-15-26-47(40-48)42-18-7-4-8-19-42)63(57-31-14-13-28-51(57)43-20-9-5-10-21-43)49-34-32-45(33-35-49)53-30-17-25-46-24-16-29-52(59(46)53)44-22-11-6-12-23-44/h4-41H,1-3H3. The Hall–Kier alpha value is -7.94. The van der Waals surface area contributed by atoms with E-state index in [1.165, 1.54) is 88.7 Å². The zero-order valence-corrected chi connectivity index (χ0v) is 36.3. The number of benzene rings is 10. The molecule has 11 rings (SSSR count). The van der Waals surface area contributed by atoms with Crippen molar-refractivity contribution in [3.63, 3.8) is 0 Å². The fraction of sp³-hybridized carbons (Fsp3) is 0.0645. The summed E-state index contributed by atoms with van der Waals surface area (Å²) in [5, 5.41) is 2.49. The molecule has 0 saturated carbocycles. The van der Waals surface area contributed by atoms with Crippen LogP contribution in [0.5, 0.6) is 5.75 Å². The second kappa shape index (κ2) is 16.1. The van der Waals surface area contributed by atoms with Gasteiger partial charge in [-0.05, 0) is 120 Å². The van der Waals surface area contributed by atoms with Gasteiger partial charge in [-0.25, -0.2) is 0 Å². The molecule has 0 amide bonds. The van der Waals surface area contributed by atoms with E-state index in [1.807, 2.05) is 0 Å². The van der Waals surface area contributed by atoms with Crippen molar-refractivity contribution in [1.82, 2.24) is 0 Å². The van der Waals surface area contributed by atoms with Crippen molar-refractivity contribution in [3.8, 4) is 72.5 Å². The first kappa shape index (κ1) is 38.9. The number of fused-ring (bicyclic) bond motifs is 4. The van der Waals surface area contributed by atoms with E-state index >= 15 is 0 Å². The van der Waals surface area contributed by atoms with Crippen molar-refractivity contribution in [2.24, 2.45) is 0 Å². The molecule has 1 aliphatic rings.